The van der Waals surface area contributed by atoms with Crippen LogP contribution in [0.5, 0.6) is 0 Å². The monoisotopic (exact) mass is 476 g/mol. The fourth-order valence-corrected chi connectivity index (χ4v) is 5.05. The molecule has 6 heteroatoms. The van der Waals surface area contributed by atoms with E-state index in [0.29, 0.717) is 5.89 Å². The van der Waals surface area contributed by atoms with Crippen molar-refractivity contribution in [3.63, 3.8) is 0 Å². The Bertz CT molecular complexity index is 1520. The molecule has 1 aliphatic carbocycles. The van der Waals surface area contributed by atoms with Gasteiger partial charge in [-0.05, 0) is 68.7 Å². The standard InChI is InChI=1S/C30H28N4O2/c1-19-7-12-23(13-8-19)34(30(35)22-5-3-4-6-22)24-14-10-21(11-15-24)28-25(18-31-33-28)29-32-26-16-9-20(2)17-27(26)36-29/h7-18,22H,3-6H2,1-2H3,(H,31,33). The predicted octanol–water partition coefficient (Wildman–Crippen LogP) is 7.36. The summed E-state index contributed by atoms with van der Waals surface area (Å²) in [6.07, 6.45) is 5.90. The predicted molar refractivity (Wildman–Crippen MR) is 142 cm³/mol. The SMILES string of the molecule is Cc1ccc(N(C(=O)C2CCCC2)c2ccc(-c3[nH]ncc3-c3nc4ccc(C)cc4o3)cc2)cc1. The van der Waals surface area contributed by atoms with Crippen LogP contribution < -0.4 is 4.90 Å². The van der Waals surface area contributed by atoms with Gasteiger partial charge in [0.25, 0.3) is 0 Å². The first-order valence-electron chi connectivity index (χ1n) is 12.5. The van der Waals surface area contributed by atoms with Gasteiger partial charge in [0, 0.05) is 22.9 Å². The lowest BCUT2D eigenvalue weighted by Crippen LogP contribution is -2.31. The van der Waals surface area contributed by atoms with Gasteiger partial charge in [0.05, 0.1) is 17.5 Å². The maximum Gasteiger partial charge on any atom is 0.234 e. The van der Waals surface area contributed by atoms with Crippen LogP contribution in [0.1, 0.15) is 36.8 Å². The zero-order valence-electron chi connectivity index (χ0n) is 20.5. The second kappa shape index (κ2) is 9.11. The van der Waals surface area contributed by atoms with E-state index in [2.05, 4.69) is 34.2 Å². The first-order valence-corrected chi connectivity index (χ1v) is 12.5. The highest BCUT2D eigenvalue weighted by atomic mass is 16.3. The average molecular weight is 477 g/mol. The summed E-state index contributed by atoms with van der Waals surface area (Å²) in [4.78, 5) is 20.1. The first-order chi connectivity index (χ1) is 17.6. The number of amides is 1. The van der Waals surface area contributed by atoms with Gasteiger partial charge in [0.15, 0.2) is 5.58 Å². The number of aromatic nitrogens is 3. The Morgan fingerprint density at radius 1 is 0.917 bits per heavy atom. The quantitative estimate of drug-likeness (QED) is 0.288. The minimum absolute atomic E-state index is 0.0768. The molecule has 36 heavy (non-hydrogen) atoms. The maximum atomic E-state index is 13.6. The van der Waals surface area contributed by atoms with E-state index in [1.807, 2.05) is 66.4 Å². The van der Waals surface area contributed by atoms with Crippen LogP contribution >= 0.6 is 0 Å². The molecule has 0 radical (unpaired) electrons. The number of carbonyl (C=O) groups is 1. The number of rotatable bonds is 5. The number of oxazole rings is 1. The van der Waals surface area contributed by atoms with Crippen LogP contribution in [0.15, 0.2) is 77.3 Å². The molecule has 1 N–H and O–H groups in total. The third-order valence-corrected chi connectivity index (χ3v) is 7.04. The number of nitrogens with zero attached hydrogens (tertiary/aromatic N) is 3. The summed E-state index contributed by atoms with van der Waals surface area (Å²) in [7, 11) is 0. The molecule has 3 aromatic carbocycles. The van der Waals surface area contributed by atoms with Gasteiger partial charge in [0.2, 0.25) is 11.8 Å². The molecule has 2 heterocycles. The molecule has 2 aromatic heterocycles. The molecular weight excluding hydrogens is 448 g/mol. The highest BCUT2D eigenvalue weighted by molar-refractivity contribution is 6.02. The summed E-state index contributed by atoms with van der Waals surface area (Å²) in [6.45, 7) is 4.09. The molecule has 0 unspecified atom stereocenters. The van der Waals surface area contributed by atoms with Gasteiger partial charge in [-0.25, -0.2) is 4.98 Å². The summed E-state index contributed by atoms with van der Waals surface area (Å²) < 4.78 is 6.05. The normalized spacial score (nSPS) is 13.9. The van der Waals surface area contributed by atoms with Crippen LogP contribution in [-0.4, -0.2) is 21.1 Å². The van der Waals surface area contributed by atoms with Crippen molar-refractivity contribution < 1.29 is 9.21 Å². The van der Waals surface area contributed by atoms with Gasteiger partial charge in [-0.3, -0.25) is 14.8 Å². The summed E-state index contributed by atoms with van der Waals surface area (Å²) in [5.74, 6) is 0.780. The number of aryl methyl sites for hydroxylation is 2. The number of carbonyl (C=O) groups excluding carboxylic acids is 1. The third-order valence-electron chi connectivity index (χ3n) is 7.04. The molecular formula is C30H28N4O2. The molecule has 0 atom stereocenters. The summed E-state index contributed by atoms with van der Waals surface area (Å²) >= 11 is 0. The van der Waals surface area contributed by atoms with E-state index < -0.39 is 0 Å². The van der Waals surface area contributed by atoms with Crippen LogP contribution in [0.4, 0.5) is 11.4 Å². The van der Waals surface area contributed by atoms with Crippen molar-refractivity contribution in [1.82, 2.24) is 15.2 Å². The Kier molecular flexibility index (Phi) is 5.64. The van der Waals surface area contributed by atoms with Crippen LogP contribution in [0.2, 0.25) is 0 Å². The fraction of sp³-hybridized carbons (Fsp3) is 0.233. The van der Waals surface area contributed by atoms with E-state index >= 15 is 0 Å². The van der Waals surface area contributed by atoms with Gasteiger partial charge in [-0.15, -0.1) is 0 Å². The number of nitrogens with one attached hydrogen (secondary N) is 1. The molecule has 1 fully saturated rings. The van der Waals surface area contributed by atoms with E-state index in [-0.39, 0.29) is 11.8 Å². The molecule has 0 bridgehead atoms. The van der Waals surface area contributed by atoms with Gasteiger partial charge >= 0.3 is 0 Å². The van der Waals surface area contributed by atoms with E-state index in [0.717, 1.165) is 70.5 Å². The molecule has 6 nitrogen and oxygen atoms in total. The zero-order chi connectivity index (χ0) is 24.6. The average Bonchev–Trinajstić information content (AvgIpc) is 3.66. The Morgan fingerprint density at radius 3 is 2.31 bits per heavy atom. The van der Waals surface area contributed by atoms with Crippen LogP contribution in [0.3, 0.4) is 0 Å². The van der Waals surface area contributed by atoms with E-state index in [4.69, 9.17) is 4.42 Å². The molecule has 6 rings (SSSR count). The second-order valence-electron chi connectivity index (χ2n) is 9.69. The van der Waals surface area contributed by atoms with Crippen LogP contribution in [0, 0.1) is 19.8 Å². The number of hydrogen-bond acceptors (Lipinski definition) is 4. The van der Waals surface area contributed by atoms with Gasteiger partial charge < -0.3 is 4.42 Å². The molecule has 1 aliphatic rings. The topological polar surface area (TPSA) is 75.0 Å². The van der Waals surface area contributed by atoms with Crippen molar-refractivity contribution in [2.45, 2.75) is 39.5 Å². The Balaban J connectivity index is 1.35. The number of H-pyrrole nitrogens is 1. The number of fused-ring (bicyclic) bond motifs is 1. The lowest BCUT2D eigenvalue weighted by Gasteiger charge is -2.26. The van der Waals surface area contributed by atoms with Gasteiger partial charge in [0.1, 0.15) is 5.52 Å². The summed E-state index contributed by atoms with van der Waals surface area (Å²) in [5.41, 5.74) is 8.20. The van der Waals surface area contributed by atoms with Crippen molar-refractivity contribution >= 4 is 28.4 Å². The summed E-state index contributed by atoms with van der Waals surface area (Å²) in [5, 5.41) is 7.37. The van der Waals surface area contributed by atoms with Crippen molar-refractivity contribution in [2.75, 3.05) is 4.90 Å². The summed E-state index contributed by atoms with van der Waals surface area (Å²) in [6, 6.07) is 22.2. The third kappa shape index (κ3) is 4.09. The highest BCUT2D eigenvalue weighted by Gasteiger charge is 2.29. The molecule has 1 amide bonds. The van der Waals surface area contributed by atoms with Crippen LogP contribution in [-0.2, 0) is 4.79 Å². The number of hydrogen-bond donors (Lipinski definition) is 1. The van der Waals surface area contributed by atoms with Crippen molar-refractivity contribution in [3.05, 3.63) is 84.1 Å². The largest absolute Gasteiger partial charge is 0.436 e. The number of aromatic amines is 1. The number of benzene rings is 3. The van der Waals surface area contributed by atoms with Crippen molar-refractivity contribution in [3.8, 4) is 22.7 Å². The fourth-order valence-electron chi connectivity index (χ4n) is 5.05. The Morgan fingerprint density at radius 2 is 1.58 bits per heavy atom. The van der Waals surface area contributed by atoms with E-state index in [1.165, 1.54) is 5.56 Å². The highest BCUT2D eigenvalue weighted by Crippen LogP contribution is 2.36. The molecule has 180 valence electrons. The second-order valence-corrected chi connectivity index (χ2v) is 9.69. The van der Waals surface area contributed by atoms with E-state index in [9.17, 15) is 4.79 Å². The maximum absolute atomic E-state index is 13.6. The van der Waals surface area contributed by atoms with Crippen LogP contribution in [0.25, 0.3) is 33.8 Å². The molecule has 1 saturated carbocycles. The number of anilines is 2. The zero-order valence-corrected chi connectivity index (χ0v) is 20.5. The first kappa shape index (κ1) is 22.3. The molecule has 0 aliphatic heterocycles. The van der Waals surface area contributed by atoms with Gasteiger partial charge in [-0.1, -0.05) is 48.7 Å². The van der Waals surface area contributed by atoms with E-state index in [1.54, 1.807) is 6.20 Å². The molecule has 0 spiro atoms. The minimum atomic E-state index is 0.0768. The van der Waals surface area contributed by atoms with Crippen molar-refractivity contribution in [1.29, 1.82) is 0 Å². The smallest absolute Gasteiger partial charge is 0.234 e. The Hall–Kier alpha value is -4.19. The van der Waals surface area contributed by atoms with Gasteiger partial charge in [-0.2, -0.15) is 5.10 Å². The van der Waals surface area contributed by atoms with Crippen molar-refractivity contribution in [2.24, 2.45) is 5.92 Å². The molecule has 0 saturated heterocycles. The minimum Gasteiger partial charge on any atom is -0.436 e. The molecule has 5 aromatic rings. The lowest BCUT2D eigenvalue weighted by atomic mass is 10.0. The Labute approximate surface area is 210 Å². The lowest BCUT2D eigenvalue weighted by molar-refractivity contribution is -0.121.